The molecule has 29 heavy (non-hydrogen) atoms. The summed E-state index contributed by atoms with van der Waals surface area (Å²) in [6.45, 7) is 3.02. The Morgan fingerprint density at radius 2 is 1.79 bits per heavy atom. The molecule has 7 nitrogen and oxygen atoms in total. The van der Waals surface area contributed by atoms with E-state index in [-0.39, 0.29) is 11.3 Å². The first-order valence-electron chi connectivity index (χ1n) is 8.65. The lowest BCUT2D eigenvalue weighted by Gasteiger charge is -2.23. The van der Waals surface area contributed by atoms with Gasteiger partial charge in [-0.1, -0.05) is 19.1 Å². The molecule has 3 N–H and O–H groups in total. The summed E-state index contributed by atoms with van der Waals surface area (Å²) in [4.78, 5) is 34.4. The molecule has 2 aromatic rings. The van der Waals surface area contributed by atoms with Crippen molar-refractivity contribution in [2.45, 2.75) is 20.0 Å². The summed E-state index contributed by atoms with van der Waals surface area (Å²) in [5, 5.41) is 20.7. The van der Waals surface area contributed by atoms with E-state index in [1.54, 1.807) is 19.1 Å². The zero-order valence-electron chi connectivity index (χ0n) is 15.8. The molecule has 2 rings (SSSR count). The number of carboxylic acid groups (broad SMARTS) is 1. The summed E-state index contributed by atoms with van der Waals surface area (Å²) < 4.78 is 19.2. The number of benzene rings is 2. The fourth-order valence-corrected chi connectivity index (χ4v) is 2.56. The Morgan fingerprint density at radius 1 is 1.14 bits per heavy atom. The van der Waals surface area contributed by atoms with Gasteiger partial charge in [0.1, 0.15) is 6.10 Å². The molecule has 0 aliphatic rings. The average molecular weight is 401 g/mol. The monoisotopic (exact) mass is 401 g/mol. The number of aromatic hydroxyl groups is 1. The van der Waals surface area contributed by atoms with Crippen molar-refractivity contribution < 1.29 is 33.7 Å². The Labute approximate surface area is 166 Å². The van der Waals surface area contributed by atoms with E-state index >= 15 is 0 Å². The van der Waals surface area contributed by atoms with Crippen LogP contribution < -0.4 is 5.32 Å². The van der Waals surface area contributed by atoms with Gasteiger partial charge in [-0.2, -0.15) is 0 Å². The predicted octanol–water partition coefficient (Wildman–Crippen LogP) is 4.30. The van der Waals surface area contributed by atoms with Gasteiger partial charge in [0.2, 0.25) is 0 Å². The first-order valence-corrected chi connectivity index (χ1v) is 8.65. The zero-order valence-corrected chi connectivity index (χ0v) is 15.8. The van der Waals surface area contributed by atoms with Crippen molar-refractivity contribution in [3.8, 4) is 5.75 Å². The minimum Gasteiger partial charge on any atom is -0.505 e. The van der Waals surface area contributed by atoms with Gasteiger partial charge in [0.05, 0.1) is 0 Å². The van der Waals surface area contributed by atoms with Crippen molar-refractivity contribution in [2.75, 3.05) is 5.32 Å². The number of phenols is 1. The van der Waals surface area contributed by atoms with E-state index in [1.165, 1.54) is 31.2 Å². The molecule has 0 bridgehead atoms. The summed E-state index contributed by atoms with van der Waals surface area (Å²) in [6, 6.07) is 9.66. The number of carboxylic acids is 1. The molecule has 0 saturated heterocycles. The third-order valence-corrected chi connectivity index (χ3v) is 4.09. The second-order valence-electron chi connectivity index (χ2n) is 6.35. The van der Waals surface area contributed by atoms with E-state index in [0.29, 0.717) is 11.3 Å². The molecule has 0 aliphatic carbocycles. The molecular weight excluding hydrogens is 381 g/mol. The number of ketones is 1. The summed E-state index contributed by atoms with van der Waals surface area (Å²) in [6.07, 6.45) is 0.343. The van der Waals surface area contributed by atoms with E-state index in [2.05, 4.69) is 5.32 Å². The van der Waals surface area contributed by atoms with E-state index in [1.807, 2.05) is 0 Å². The Bertz CT molecular complexity index is 939. The highest BCUT2D eigenvalue weighted by Gasteiger charge is 2.23. The number of nitrogens with one attached hydrogen (secondary N) is 1. The largest absolute Gasteiger partial charge is 0.505 e. The number of hydrogen-bond acceptors (Lipinski definition) is 5. The predicted molar refractivity (Wildman–Crippen MR) is 103 cm³/mol. The number of ether oxygens (including phenoxy) is 1. The fraction of sp³-hybridized carbons (Fsp3) is 0.190. The first kappa shape index (κ1) is 21.6. The Balaban J connectivity index is 2.21. The van der Waals surface area contributed by atoms with Crippen LogP contribution in [0.5, 0.6) is 5.75 Å². The van der Waals surface area contributed by atoms with Gasteiger partial charge in [0.25, 0.3) is 0 Å². The smallest absolute Gasteiger partial charge is 0.412 e. The minimum absolute atomic E-state index is 0.118. The number of hydrogen-bond donors (Lipinski definition) is 3. The van der Waals surface area contributed by atoms with Crippen LogP contribution >= 0.6 is 0 Å². The maximum absolute atomic E-state index is 13.8. The fourth-order valence-electron chi connectivity index (χ4n) is 2.56. The lowest BCUT2D eigenvalue weighted by atomic mass is 9.96. The number of halogens is 1. The number of Topliss-reactive ketones (excluding diaryl/α,β-unsaturated/α-hetero) is 1. The third-order valence-electron chi connectivity index (χ3n) is 4.09. The first-order chi connectivity index (χ1) is 13.7. The number of carbonyl (C=O) groups is 3. The lowest BCUT2D eigenvalue weighted by Crippen LogP contribution is -2.21. The summed E-state index contributed by atoms with van der Waals surface area (Å²) >= 11 is 0. The maximum atomic E-state index is 13.8. The second kappa shape index (κ2) is 9.50. The number of rotatable bonds is 7. The molecule has 0 aromatic heterocycles. The van der Waals surface area contributed by atoms with Crippen molar-refractivity contribution in [2.24, 2.45) is 5.92 Å². The van der Waals surface area contributed by atoms with Gasteiger partial charge in [0.15, 0.2) is 17.3 Å². The summed E-state index contributed by atoms with van der Waals surface area (Å²) in [5.41, 5.74) is 1.10. The molecule has 8 heteroatoms. The van der Waals surface area contributed by atoms with Crippen molar-refractivity contribution in [3.63, 3.8) is 0 Å². The van der Waals surface area contributed by atoms with Gasteiger partial charge in [-0.3, -0.25) is 10.1 Å². The highest BCUT2D eigenvalue weighted by atomic mass is 19.1. The van der Waals surface area contributed by atoms with Crippen LogP contribution in [0.4, 0.5) is 14.9 Å². The van der Waals surface area contributed by atoms with Crippen LogP contribution in [0.25, 0.3) is 0 Å². The molecule has 0 spiro atoms. The SMILES string of the molecule is CC(=O)c1ccc(NC(=O)O[C@@H](c2ccc(O)c(F)c2)[C@H](C)/C=C/C(=O)O)cc1. The maximum Gasteiger partial charge on any atom is 0.412 e. The van der Waals surface area contributed by atoms with E-state index in [4.69, 9.17) is 9.84 Å². The van der Waals surface area contributed by atoms with Crippen molar-refractivity contribution in [1.82, 2.24) is 0 Å². The van der Waals surface area contributed by atoms with Crippen molar-refractivity contribution >= 4 is 23.5 Å². The van der Waals surface area contributed by atoms with Crippen LogP contribution in [0, 0.1) is 11.7 Å². The van der Waals surface area contributed by atoms with Crippen LogP contribution in [0.1, 0.15) is 35.9 Å². The van der Waals surface area contributed by atoms with Crippen LogP contribution in [-0.2, 0) is 9.53 Å². The Hall–Kier alpha value is -3.68. The highest BCUT2D eigenvalue weighted by molar-refractivity contribution is 5.95. The molecule has 0 fully saturated rings. The molecule has 2 aromatic carbocycles. The molecule has 0 aliphatic heterocycles. The Kier molecular flexibility index (Phi) is 7.08. The standard InChI is InChI=1S/C21H20FNO6/c1-12(3-10-19(26)27)20(15-6-9-18(25)17(22)11-15)29-21(28)23-16-7-4-14(5-8-16)13(2)24/h3-12,20,25H,1-2H3,(H,23,28)(H,26,27)/b10-3+/t12-,20-/m1/s1. The topological polar surface area (TPSA) is 113 Å². The quantitative estimate of drug-likeness (QED) is 0.471. The minimum atomic E-state index is -1.18. The Morgan fingerprint density at radius 3 is 2.34 bits per heavy atom. The van der Waals surface area contributed by atoms with E-state index in [0.717, 1.165) is 18.2 Å². The number of anilines is 1. The van der Waals surface area contributed by atoms with Gasteiger partial charge in [0, 0.05) is 23.2 Å². The summed E-state index contributed by atoms with van der Waals surface area (Å²) in [5.74, 6) is -3.36. The van der Waals surface area contributed by atoms with E-state index in [9.17, 15) is 23.9 Å². The molecule has 152 valence electrons. The number of phenolic OH excluding ortho intramolecular Hbond substituents is 1. The molecule has 1 amide bonds. The summed E-state index contributed by atoms with van der Waals surface area (Å²) in [7, 11) is 0. The molecule has 0 saturated carbocycles. The highest BCUT2D eigenvalue weighted by Crippen LogP contribution is 2.30. The number of aliphatic carboxylic acids is 1. The molecule has 2 atom stereocenters. The molecule has 0 radical (unpaired) electrons. The third kappa shape index (κ3) is 6.17. The molecule has 0 heterocycles. The van der Waals surface area contributed by atoms with Gasteiger partial charge in [-0.25, -0.2) is 14.0 Å². The normalized spacial score (nSPS) is 12.9. The van der Waals surface area contributed by atoms with Crippen LogP contribution in [-0.4, -0.2) is 28.1 Å². The van der Waals surface area contributed by atoms with Crippen LogP contribution in [0.2, 0.25) is 0 Å². The van der Waals surface area contributed by atoms with E-state index < -0.39 is 35.7 Å². The number of amides is 1. The molecular formula is C21H20FNO6. The van der Waals surface area contributed by atoms with Gasteiger partial charge < -0.3 is 14.9 Å². The molecule has 0 unspecified atom stereocenters. The average Bonchev–Trinajstić information content (AvgIpc) is 2.67. The second-order valence-corrected chi connectivity index (χ2v) is 6.35. The van der Waals surface area contributed by atoms with Crippen molar-refractivity contribution in [3.05, 3.63) is 71.6 Å². The van der Waals surface area contributed by atoms with Gasteiger partial charge in [-0.15, -0.1) is 0 Å². The van der Waals surface area contributed by atoms with Gasteiger partial charge in [-0.05, 0) is 48.9 Å². The van der Waals surface area contributed by atoms with Crippen LogP contribution in [0.15, 0.2) is 54.6 Å². The number of carbonyl (C=O) groups excluding carboxylic acids is 2. The lowest BCUT2D eigenvalue weighted by molar-refractivity contribution is -0.131. The van der Waals surface area contributed by atoms with Gasteiger partial charge >= 0.3 is 12.1 Å². The van der Waals surface area contributed by atoms with Crippen molar-refractivity contribution in [1.29, 1.82) is 0 Å². The van der Waals surface area contributed by atoms with Crippen LogP contribution in [0.3, 0.4) is 0 Å². The zero-order chi connectivity index (χ0) is 21.6.